The Balaban J connectivity index is 3.53. The molecule has 2 atom stereocenters. The van der Waals surface area contributed by atoms with Crippen molar-refractivity contribution in [2.24, 2.45) is 11.8 Å². The number of esters is 1. The molecular formula is C35H65NO15. The predicted octanol–water partition coefficient (Wildman–Crippen LogP) is 2.08. The van der Waals surface area contributed by atoms with E-state index in [0.29, 0.717) is 124 Å². The summed E-state index contributed by atoms with van der Waals surface area (Å²) in [6.07, 6.45) is 0.226. The zero-order chi connectivity index (χ0) is 38.0. The van der Waals surface area contributed by atoms with Crippen molar-refractivity contribution in [3.05, 3.63) is 0 Å². The third kappa shape index (κ3) is 33.3. The molecule has 0 aliphatic heterocycles. The fourth-order valence-electron chi connectivity index (χ4n) is 3.95. The smallest absolute Gasteiger partial charge is 0.308 e. The fraction of sp³-hybridized carbons (Fsp3) is 0.886. The summed E-state index contributed by atoms with van der Waals surface area (Å²) in [5, 5.41) is 11.2. The average Bonchev–Trinajstić information content (AvgIpc) is 3.08. The largest absolute Gasteiger partial charge is 0.481 e. The molecule has 0 aromatic heterocycles. The van der Waals surface area contributed by atoms with Gasteiger partial charge in [0.1, 0.15) is 12.1 Å². The minimum absolute atomic E-state index is 0.0141. The van der Waals surface area contributed by atoms with Crippen LogP contribution in [0.4, 0.5) is 0 Å². The Kier molecular flexibility index (Phi) is 33.2. The monoisotopic (exact) mass is 739 g/mol. The van der Waals surface area contributed by atoms with Crippen molar-refractivity contribution in [2.75, 3.05) is 119 Å². The molecule has 0 aliphatic rings. The van der Waals surface area contributed by atoms with Crippen molar-refractivity contribution in [1.29, 1.82) is 0 Å². The number of carboxylic acid groups (broad SMARTS) is 1. The molecule has 51 heavy (non-hydrogen) atoms. The van der Waals surface area contributed by atoms with Crippen molar-refractivity contribution in [3.8, 4) is 0 Å². The molecule has 1 amide bonds. The van der Waals surface area contributed by atoms with Gasteiger partial charge in [0, 0.05) is 12.3 Å². The minimum Gasteiger partial charge on any atom is -0.481 e. The Labute approximate surface area is 303 Å². The van der Waals surface area contributed by atoms with E-state index in [9.17, 15) is 19.2 Å². The van der Waals surface area contributed by atoms with Crippen molar-refractivity contribution in [2.45, 2.75) is 72.4 Å². The van der Waals surface area contributed by atoms with Crippen LogP contribution in [-0.4, -0.2) is 160 Å². The lowest BCUT2D eigenvalue weighted by molar-refractivity contribution is -0.153. The van der Waals surface area contributed by atoms with Crippen LogP contribution >= 0.6 is 0 Å². The number of carboxylic acids is 1. The summed E-state index contributed by atoms with van der Waals surface area (Å²) in [6, 6.07) is -0.891. The molecule has 2 N–H and O–H groups in total. The Morgan fingerprint density at radius 1 is 0.490 bits per heavy atom. The van der Waals surface area contributed by atoms with Gasteiger partial charge in [-0.25, -0.2) is 0 Å². The van der Waals surface area contributed by atoms with E-state index in [-0.39, 0.29) is 43.7 Å². The van der Waals surface area contributed by atoms with Gasteiger partial charge in [0.2, 0.25) is 5.91 Å². The Hall–Kier alpha value is -2.28. The number of aliphatic carboxylic acids is 1. The number of rotatable bonds is 38. The van der Waals surface area contributed by atoms with Crippen molar-refractivity contribution >= 4 is 23.6 Å². The molecule has 0 aromatic rings. The first-order valence-electron chi connectivity index (χ1n) is 18.0. The van der Waals surface area contributed by atoms with Crippen LogP contribution in [0.1, 0.15) is 60.3 Å². The summed E-state index contributed by atoms with van der Waals surface area (Å²) < 4.78 is 53.9. The van der Waals surface area contributed by atoms with Crippen molar-refractivity contribution < 1.29 is 71.7 Å². The van der Waals surface area contributed by atoms with Gasteiger partial charge in [-0.2, -0.15) is 0 Å². The first kappa shape index (κ1) is 48.7. The quantitative estimate of drug-likeness (QED) is 0.0690. The molecule has 0 rings (SSSR count). The van der Waals surface area contributed by atoms with Gasteiger partial charge in [-0.1, -0.05) is 27.7 Å². The minimum atomic E-state index is -0.891. The number of hydrogen-bond acceptors (Lipinski definition) is 14. The van der Waals surface area contributed by atoms with Crippen LogP contribution in [0.5, 0.6) is 0 Å². The summed E-state index contributed by atoms with van der Waals surface area (Å²) >= 11 is 0. The molecule has 0 heterocycles. The van der Waals surface area contributed by atoms with E-state index in [4.69, 9.17) is 52.5 Å². The molecular weight excluding hydrogens is 674 g/mol. The summed E-state index contributed by atoms with van der Waals surface area (Å²) in [7, 11) is 0. The van der Waals surface area contributed by atoms with Crippen LogP contribution in [0.15, 0.2) is 0 Å². The summed E-state index contributed by atoms with van der Waals surface area (Å²) in [4.78, 5) is 47.6. The first-order chi connectivity index (χ1) is 24.5. The van der Waals surface area contributed by atoms with Crippen LogP contribution < -0.4 is 5.32 Å². The summed E-state index contributed by atoms with van der Waals surface area (Å²) in [6.45, 7) is 16.1. The van der Waals surface area contributed by atoms with Gasteiger partial charge in [0.05, 0.1) is 132 Å². The van der Waals surface area contributed by atoms with Gasteiger partial charge < -0.3 is 57.8 Å². The predicted molar refractivity (Wildman–Crippen MR) is 186 cm³/mol. The number of Topliss-reactive ketones (excluding diaryl/α,β-unsaturated/α-hetero) is 1. The number of hydrogen-bond donors (Lipinski definition) is 2. The average molecular weight is 740 g/mol. The Bertz CT molecular complexity index is 874. The van der Waals surface area contributed by atoms with E-state index in [1.807, 2.05) is 13.8 Å². The fourth-order valence-corrected chi connectivity index (χ4v) is 3.95. The number of ketones is 1. The van der Waals surface area contributed by atoms with Gasteiger partial charge in [-0.3, -0.25) is 19.2 Å². The second-order valence-electron chi connectivity index (χ2n) is 12.1. The maximum atomic E-state index is 12.7. The zero-order valence-corrected chi connectivity index (χ0v) is 31.5. The third-order valence-electron chi connectivity index (χ3n) is 6.81. The van der Waals surface area contributed by atoms with E-state index in [0.717, 1.165) is 0 Å². The van der Waals surface area contributed by atoms with Gasteiger partial charge in [-0.05, 0) is 19.3 Å². The molecule has 0 aliphatic carbocycles. The number of nitrogens with one attached hydrogen (secondary N) is 1. The van der Waals surface area contributed by atoms with Crippen molar-refractivity contribution in [1.82, 2.24) is 5.32 Å². The Morgan fingerprint density at radius 2 is 0.824 bits per heavy atom. The molecule has 16 heteroatoms. The summed E-state index contributed by atoms with van der Waals surface area (Å²) in [5.74, 6) is -1.76. The maximum Gasteiger partial charge on any atom is 0.308 e. The molecule has 0 radical (unpaired) electrons. The third-order valence-corrected chi connectivity index (χ3v) is 6.81. The van der Waals surface area contributed by atoms with E-state index >= 15 is 0 Å². The van der Waals surface area contributed by atoms with Gasteiger partial charge in [0.25, 0.3) is 0 Å². The second-order valence-corrected chi connectivity index (χ2v) is 12.1. The molecule has 0 saturated carbocycles. The molecule has 16 nitrogen and oxygen atoms in total. The molecule has 0 aromatic carbocycles. The van der Waals surface area contributed by atoms with Crippen LogP contribution in [0.3, 0.4) is 0 Å². The molecule has 0 saturated heterocycles. The zero-order valence-electron chi connectivity index (χ0n) is 31.5. The van der Waals surface area contributed by atoms with Gasteiger partial charge >= 0.3 is 11.9 Å². The lowest BCUT2D eigenvalue weighted by Crippen LogP contribution is -2.50. The summed E-state index contributed by atoms with van der Waals surface area (Å²) in [5.41, 5.74) is 0. The highest BCUT2D eigenvalue weighted by atomic mass is 16.6. The highest BCUT2D eigenvalue weighted by Gasteiger charge is 2.31. The van der Waals surface area contributed by atoms with Crippen LogP contribution in [-0.2, 0) is 66.5 Å². The molecule has 0 spiro atoms. The van der Waals surface area contributed by atoms with E-state index < -0.39 is 24.1 Å². The number of carbonyl (C=O) groups excluding carboxylic acids is 3. The Morgan fingerprint density at radius 3 is 1.14 bits per heavy atom. The van der Waals surface area contributed by atoms with Crippen molar-refractivity contribution in [3.63, 3.8) is 0 Å². The highest BCUT2D eigenvalue weighted by molar-refractivity contribution is 5.91. The molecule has 0 fully saturated rings. The second kappa shape index (κ2) is 34.8. The molecule has 300 valence electrons. The highest BCUT2D eigenvalue weighted by Crippen LogP contribution is 2.10. The van der Waals surface area contributed by atoms with Gasteiger partial charge in [-0.15, -0.1) is 0 Å². The molecule has 1 unspecified atom stereocenters. The number of ether oxygens (including phenoxy) is 10. The topological polar surface area (TPSA) is 193 Å². The normalized spacial score (nSPS) is 12.7. The van der Waals surface area contributed by atoms with Crippen LogP contribution in [0, 0.1) is 11.8 Å². The van der Waals surface area contributed by atoms with Crippen LogP contribution in [0.2, 0.25) is 0 Å². The van der Waals surface area contributed by atoms with Crippen LogP contribution in [0.25, 0.3) is 0 Å². The van der Waals surface area contributed by atoms with E-state index in [1.165, 1.54) is 0 Å². The molecule has 0 bridgehead atoms. The number of carbonyl (C=O) groups is 4. The van der Waals surface area contributed by atoms with E-state index in [2.05, 4.69) is 5.32 Å². The lowest BCUT2D eigenvalue weighted by atomic mass is 9.97. The maximum absolute atomic E-state index is 12.7. The number of amides is 1. The van der Waals surface area contributed by atoms with E-state index in [1.54, 1.807) is 20.8 Å². The lowest BCUT2D eigenvalue weighted by Gasteiger charge is -2.25. The standard InChI is InChI=1S/C35H65NO15/c1-28(2)6-7-31(37)36-34(35(41)29(3)4)30(5)51-33(40)9-11-43-13-15-45-17-19-47-21-23-49-25-27-50-26-24-48-22-20-46-18-16-44-14-12-42-10-8-32(38)39/h28-30,34H,6-27H2,1-5H3,(H,36,37)(H,38,39)/t30?,34-/m1/s1. The first-order valence-corrected chi connectivity index (χ1v) is 18.0. The van der Waals surface area contributed by atoms with Gasteiger partial charge in [0.15, 0.2) is 5.78 Å². The SMILES string of the molecule is CC(C)CCC(=O)N[C@@H](C(=O)C(C)C)C(C)OC(=O)CCOCCOCCOCCOCCOCCOCCOCCOCCOCCC(=O)O.